The highest BCUT2D eigenvalue weighted by Gasteiger charge is 2.32. The maximum atomic E-state index is 9.67. The van der Waals surface area contributed by atoms with Gasteiger partial charge in [0.05, 0.1) is 6.10 Å². The van der Waals surface area contributed by atoms with Crippen LogP contribution in [0.4, 0.5) is 0 Å². The van der Waals surface area contributed by atoms with E-state index in [-0.39, 0.29) is 11.5 Å². The molecule has 0 aromatic heterocycles. The van der Waals surface area contributed by atoms with Crippen LogP contribution in [-0.2, 0) is 0 Å². The third-order valence-corrected chi connectivity index (χ3v) is 3.34. The molecular formula is C11H24O. The van der Waals surface area contributed by atoms with Gasteiger partial charge >= 0.3 is 0 Å². The predicted octanol–water partition coefficient (Wildman–Crippen LogP) is 3.22. The fourth-order valence-electron chi connectivity index (χ4n) is 1.54. The van der Waals surface area contributed by atoms with Gasteiger partial charge in [-0.15, -0.1) is 0 Å². The predicted molar refractivity (Wildman–Crippen MR) is 54.2 cm³/mol. The highest BCUT2D eigenvalue weighted by Crippen LogP contribution is 2.36. The van der Waals surface area contributed by atoms with Crippen molar-refractivity contribution >= 4 is 0 Å². The molecule has 0 fully saturated rings. The first-order chi connectivity index (χ1) is 5.45. The molecule has 0 aliphatic rings. The molecule has 0 amide bonds. The van der Waals surface area contributed by atoms with Crippen molar-refractivity contribution in [1.82, 2.24) is 0 Å². The Hall–Kier alpha value is -0.0400. The van der Waals surface area contributed by atoms with E-state index >= 15 is 0 Å². The maximum Gasteiger partial charge on any atom is 0.0568 e. The lowest BCUT2D eigenvalue weighted by Gasteiger charge is -2.36. The van der Waals surface area contributed by atoms with Crippen LogP contribution in [0.1, 0.15) is 53.9 Å². The van der Waals surface area contributed by atoms with Crippen molar-refractivity contribution in [3.05, 3.63) is 0 Å². The van der Waals surface area contributed by atoms with E-state index in [2.05, 4.69) is 27.7 Å². The van der Waals surface area contributed by atoms with Crippen LogP contribution in [0, 0.1) is 11.3 Å². The molecule has 0 saturated carbocycles. The summed E-state index contributed by atoms with van der Waals surface area (Å²) in [5.74, 6) is 0.559. The summed E-state index contributed by atoms with van der Waals surface area (Å²) in [6.45, 7) is 10.7. The molecule has 0 aromatic rings. The molecule has 2 atom stereocenters. The zero-order valence-electron chi connectivity index (χ0n) is 9.22. The van der Waals surface area contributed by atoms with Gasteiger partial charge in [0, 0.05) is 0 Å². The van der Waals surface area contributed by atoms with Gasteiger partial charge in [0.1, 0.15) is 0 Å². The lowest BCUT2D eigenvalue weighted by atomic mass is 9.71. The SMILES string of the molecule is CCCCC(C)(C(C)C)[C@H](C)O. The van der Waals surface area contributed by atoms with Gasteiger partial charge in [-0.1, -0.05) is 40.5 Å². The van der Waals surface area contributed by atoms with Crippen molar-refractivity contribution in [3.8, 4) is 0 Å². The number of hydrogen-bond donors (Lipinski definition) is 1. The Morgan fingerprint density at radius 3 is 2.00 bits per heavy atom. The van der Waals surface area contributed by atoms with Gasteiger partial charge in [-0.25, -0.2) is 0 Å². The molecule has 0 heterocycles. The van der Waals surface area contributed by atoms with Crippen molar-refractivity contribution in [2.75, 3.05) is 0 Å². The van der Waals surface area contributed by atoms with Crippen LogP contribution in [0.25, 0.3) is 0 Å². The number of hydrogen-bond acceptors (Lipinski definition) is 1. The maximum absolute atomic E-state index is 9.67. The second kappa shape index (κ2) is 4.86. The number of aliphatic hydroxyl groups excluding tert-OH is 1. The summed E-state index contributed by atoms with van der Waals surface area (Å²) >= 11 is 0. The van der Waals surface area contributed by atoms with Crippen LogP contribution in [0.3, 0.4) is 0 Å². The molecule has 0 aliphatic carbocycles. The molecule has 0 aliphatic heterocycles. The molecule has 0 rings (SSSR count). The third-order valence-electron chi connectivity index (χ3n) is 3.34. The molecule has 0 bridgehead atoms. The quantitative estimate of drug-likeness (QED) is 0.675. The summed E-state index contributed by atoms with van der Waals surface area (Å²) in [6.07, 6.45) is 3.39. The van der Waals surface area contributed by atoms with Crippen LogP contribution < -0.4 is 0 Å². The zero-order chi connectivity index (χ0) is 9.78. The molecule has 0 aromatic carbocycles. The van der Waals surface area contributed by atoms with E-state index in [1.807, 2.05) is 6.92 Å². The van der Waals surface area contributed by atoms with E-state index in [1.165, 1.54) is 12.8 Å². The van der Waals surface area contributed by atoms with E-state index < -0.39 is 0 Å². The molecule has 1 unspecified atom stereocenters. The minimum absolute atomic E-state index is 0.107. The Bertz CT molecular complexity index is 108. The zero-order valence-corrected chi connectivity index (χ0v) is 9.22. The summed E-state index contributed by atoms with van der Waals surface area (Å²) in [5, 5.41) is 9.67. The second-order valence-electron chi connectivity index (χ2n) is 4.44. The smallest absolute Gasteiger partial charge is 0.0568 e. The third kappa shape index (κ3) is 2.78. The summed E-state index contributed by atoms with van der Waals surface area (Å²) in [5.41, 5.74) is 0.107. The molecule has 0 saturated heterocycles. The Balaban J connectivity index is 4.19. The first kappa shape index (κ1) is 12.0. The molecular weight excluding hydrogens is 148 g/mol. The van der Waals surface area contributed by atoms with Gasteiger partial charge in [-0.05, 0) is 24.7 Å². The van der Waals surface area contributed by atoms with Gasteiger partial charge in [0.25, 0.3) is 0 Å². The normalized spacial score (nSPS) is 19.2. The number of unbranched alkanes of at least 4 members (excludes halogenated alkanes) is 1. The van der Waals surface area contributed by atoms with Crippen LogP contribution in [0.5, 0.6) is 0 Å². The minimum atomic E-state index is -0.191. The average Bonchev–Trinajstić information content (AvgIpc) is 1.99. The fraction of sp³-hybridized carbons (Fsp3) is 1.00. The first-order valence-corrected chi connectivity index (χ1v) is 5.13. The van der Waals surface area contributed by atoms with Crippen LogP contribution in [0.15, 0.2) is 0 Å². The van der Waals surface area contributed by atoms with Gasteiger partial charge in [0.2, 0.25) is 0 Å². The van der Waals surface area contributed by atoms with E-state index in [1.54, 1.807) is 0 Å². The summed E-state index contributed by atoms with van der Waals surface area (Å²) in [7, 11) is 0. The molecule has 1 nitrogen and oxygen atoms in total. The standard InChI is InChI=1S/C11H24O/c1-6-7-8-11(5,9(2)3)10(4)12/h9-10,12H,6-8H2,1-5H3/t10-,11?/m0/s1. The van der Waals surface area contributed by atoms with Crippen molar-refractivity contribution in [2.24, 2.45) is 11.3 Å². The van der Waals surface area contributed by atoms with Gasteiger partial charge in [-0.3, -0.25) is 0 Å². The highest BCUT2D eigenvalue weighted by molar-refractivity contribution is 4.82. The minimum Gasteiger partial charge on any atom is -0.393 e. The summed E-state index contributed by atoms with van der Waals surface area (Å²) in [4.78, 5) is 0. The Kier molecular flexibility index (Phi) is 4.84. The Morgan fingerprint density at radius 1 is 1.25 bits per heavy atom. The van der Waals surface area contributed by atoms with E-state index in [9.17, 15) is 5.11 Å². The molecule has 0 radical (unpaired) electrons. The Morgan fingerprint density at radius 2 is 1.75 bits per heavy atom. The van der Waals surface area contributed by atoms with Crippen molar-refractivity contribution in [3.63, 3.8) is 0 Å². The fourth-order valence-corrected chi connectivity index (χ4v) is 1.54. The van der Waals surface area contributed by atoms with Crippen molar-refractivity contribution in [2.45, 2.75) is 60.0 Å². The summed E-state index contributed by atoms with van der Waals surface area (Å²) in [6, 6.07) is 0. The van der Waals surface area contributed by atoms with E-state index in [4.69, 9.17) is 0 Å². The molecule has 1 heteroatoms. The van der Waals surface area contributed by atoms with Gasteiger partial charge in [0.15, 0.2) is 0 Å². The van der Waals surface area contributed by atoms with E-state index in [0.717, 1.165) is 6.42 Å². The Labute approximate surface area is 77.2 Å². The summed E-state index contributed by atoms with van der Waals surface area (Å²) < 4.78 is 0. The number of rotatable bonds is 5. The lowest BCUT2D eigenvalue weighted by molar-refractivity contribution is 0.00818. The average molecular weight is 172 g/mol. The van der Waals surface area contributed by atoms with Crippen LogP contribution in [0.2, 0.25) is 0 Å². The van der Waals surface area contributed by atoms with Crippen molar-refractivity contribution in [1.29, 1.82) is 0 Å². The molecule has 12 heavy (non-hydrogen) atoms. The van der Waals surface area contributed by atoms with Gasteiger partial charge in [-0.2, -0.15) is 0 Å². The monoisotopic (exact) mass is 172 g/mol. The molecule has 0 spiro atoms. The largest absolute Gasteiger partial charge is 0.393 e. The highest BCUT2D eigenvalue weighted by atomic mass is 16.3. The lowest BCUT2D eigenvalue weighted by Crippen LogP contribution is -2.35. The van der Waals surface area contributed by atoms with Crippen molar-refractivity contribution < 1.29 is 5.11 Å². The van der Waals surface area contributed by atoms with Crippen LogP contribution >= 0.6 is 0 Å². The van der Waals surface area contributed by atoms with E-state index in [0.29, 0.717) is 5.92 Å². The van der Waals surface area contributed by atoms with Gasteiger partial charge < -0.3 is 5.11 Å². The molecule has 1 N–H and O–H groups in total. The molecule has 74 valence electrons. The first-order valence-electron chi connectivity index (χ1n) is 5.13. The van der Waals surface area contributed by atoms with Crippen LogP contribution in [-0.4, -0.2) is 11.2 Å². The second-order valence-corrected chi connectivity index (χ2v) is 4.44. The number of aliphatic hydroxyl groups is 1. The topological polar surface area (TPSA) is 20.2 Å².